The van der Waals surface area contributed by atoms with E-state index >= 15 is 0 Å². The summed E-state index contributed by atoms with van der Waals surface area (Å²) in [7, 11) is 0. The third kappa shape index (κ3) is 3.79. The molecule has 25 heavy (non-hydrogen) atoms. The summed E-state index contributed by atoms with van der Waals surface area (Å²) >= 11 is 0. The molecule has 3 aromatic rings. The van der Waals surface area contributed by atoms with E-state index in [-0.39, 0.29) is 17.6 Å². The monoisotopic (exact) mass is 339 g/mol. The van der Waals surface area contributed by atoms with Crippen LogP contribution in [0.1, 0.15) is 24.3 Å². The molecule has 8 nitrogen and oxygen atoms in total. The Bertz CT molecular complexity index is 900. The SMILES string of the molecule is CCOc1ncc(NC(=O)c2cnc3ccccc3n2)c(OCC)n1. The van der Waals surface area contributed by atoms with Crippen LogP contribution in [0.5, 0.6) is 11.9 Å². The number of carbonyl (C=O) groups is 1. The number of benzene rings is 1. The van der Waals surface area contributed by atoms with E-state index in [9.17, 15) is 4.79 Å². The van der Waals surface area contributed by atoms with Crippen LogP contribution in [0.2, 0.25) is 0 Å². The van der Waals surface area contributed by atoms with Gasteiger partial charge in [0, 0.05) is 0 Å². The van der Waals surface area contributed by atoms with Gasteiger partial charge in [-0.1, -0.05) is 12.1 Å². The Labute approximate surface area is 144 Å². The first kappa shape index (κ1) is 16.6. The Morgan fingerprint density at radius 1 is 1.00 bits per heavy atom. The highest BCUT2D eigenvalue weighted by atomic mass is 16.5. The number of carbonyl (C=O) groups excluding carboxylic acids is 1. The van der Waals surface area contributed by atoms with Gasteiger partial charge >= 0.3 is 6.01 Å². The predicted molar refractivity (Wildman–Crippen MR) is 91.9 cm³/mol. The van der Waals surface area contributed by atoms with Crippen molar-refractivity contribution in [2.75, 3.05) is 18.5 Å². The number of hydrogen-bond donors (Lipinski definition) is 1. The highest BCUT2D eigenvalue weighted by Gasteiger charge is 2.15. The van der Waals surface area contributed by atoms with Crippen molar-refractivity contribution in [1.82, 2.24) is 19.9 Å². The molecule has 0 fully saturated rings. The number of aromatic nitrogens is 4. The molecule has 0 atom stereocenters. The maximum Gasteiger partial charge on any atom is 0.319 e. The number of nitrogens with one attached hydrogen (secondary N) is 1. The maximum atomic E-state index is 12.5. The zero-order valence-corrected chi connectivity index (χ0v) is 13.9. The minimum absolute atomic E-state index is 0.189. The molecule has 0 aliphatic heterocycles. The minimum atomic E-state index is -0.424. The van der Waals surface area contributed by atoms with Crippen LogP contribution in [0.3, 0.4) is 0 Å². The van der Waals surface area contributed by atoms with Crippen molar-refractivity contribution in [2.45, 2.75) is 13.8 Å². The summed E-state index contributed by atoms with van der Waals surface area (Å²) in [6.07, 6.45) is 2.86. The lowest BCUT2D eigenvalue weighted by molar-refractivity contribution is 0.102. The molecule has 0 aliphatic rings. The number of amides is 1. The van der Waals surface area contributed by atoms with Crippen LogP contribution < -0.4 is 14.8 Å². The smallest absolute Gasteiger partial charge is 0.319 e. The van der Waals surface area contributed by atoms with E-state index in [4.69, 9.17) is 9.47 Å². The lowest BCUT2D eigenvalue weighted by Gasteiger charge is -2.11. The summed E-state index contributed by atoms with van der Waals surface area (Å²) in [6, 6.07) is 7.52. The summed E-state index contributed by atoms with van der Waals surface area (Å²) in [5.74, 6) is -0.185. The van der Waals surface area contributed by atoms with E-state index in [2.05, 4.69) is 25.3 Å². The van der Waals surface area contributed by atoms with E-state index in [1.54, 1.807) is 6.07 Å². The lowest BCUT2D eigenvalue weighted by Crippen LogP contribution is -2.16. The number of rotatable bonds is 6. The number of anilines is 1. The third-order valence-electron chi connectivity index (χ3n) is 3.22. The second-order valence-electron chi connectivity index (χ2n) is 4.94. The van der Waals surface area contributed by atoms with E-state index in [0.29, 0.717) is 24.4 Å². The van der Waals surface area contributed by atoms with E-state index in [1.165, 1.54) is 12.4 Å². The first-order chi connectivity index (χ1) is 12.2. The molecule has 2 heterocycles. The predicted octanol–water partition coefficient (Wildman–Crippen LogP) is 2.47. The number of hydrogen-bond acceptors (Lipinski definition) is 7. The van der Waals surface area contributed by atoms with Crippen molar-refractivity contribution in [2.24, 2.45) is 0 Å². The van der Waals surface area contributed by atoms with Crippen LogP contribution in [0, 0.1) is 0 Å². The van der Waals surface area contributed by atoms with Crippen molar-refractivity contribution in [3.8, 4) is 11.9 Å². The van der Waals surface area contributed by atoms with Gasteiger partial charge in [-0.25, -0.2) is 9.97 Å². The largest absolute Gasteiger partial charge is 0.476 e. The van der Waals surface area contributed by atoms with Crippen LogP contribution in [0.25, 0.3) is 11.0 Å². The van der Waals surface area contributed by atoms with Gasteiger partial charge in [0.1, 0.15) is 11.4 Å². The van der Waals surface area contributed by atoms with Crippen molar-refractivity contribution >= 4 is 22.6 Å². The van der Waals surface area contributed by atoms with Crippen LogP contribution in [-0.4, -0.2) is 39.1 Å². The number of ether oxygens (including phenoxy) is 2. The molecule has 1 amide bonds. The lowest BCUT2D eigenvalue weighted by atomic mass is 10.3. The van der Waals surface area contributed by atoms with Crippen LogP contribution >= 0.6 is 0 Å². The zero-order chi connectivity index (χ0) is 17.6. The normalized spacial score (nSPS) is 10.5. The van der Waals surface area contributed by atoms with Crippen LogP contribution in [-0.2, 0) is 0 Å². The number of nitrogens with zero attached hydrogens (tertiary/aromatic N) is 4. The van der Waals surface area contributed by atoms with Crippen LogP contribution in [0.4, 0.5) is 5.69 Å². The van der Waals surface area contributed by atoms with E-state index < -0.39 is 5.91 Å². The standard InChI is InChI=1S/C17H17N5O3/c1-3-24-16-14(10-19-17(22-16)25-4-2)21-15(23)13-9-18-11-7-5-6-8-12(11)20-13/h5-10H,3-4H2,1-2H3,(H,21,23). The molecule has 0 unspecified atom stereocenters. The topological polar surface area (TPSA) is 99.1 Å². The van der Waals surface area contributed by atoms with Gasteiger partial charge in [0.25, 0.3) is 5.91 Å². The van der Waals surface area contributed by atoms with E-state index in [0.717, 1.165) is 5.52 Å². The van der Waals surface area contributed by atoms with Crippen LogP contribution in [0.15, 0.2) is 36.7 Å². The number of para-hydroxylation sites is 2. The third-order valence-corrected chi connectivity index (χ3v) is 3.22. The zero-order valence-electron chi connectivity index (χ0n) is 13.9. The van der Waals surface area contributed by atoms with Gasteiger partial charge in [-0.05, 0) is 26.0 Å². The molecule has 0 saturated heterocycles. The fraction of sp³-hybridized carbons (Fsp3) is 0.235. The second kappa shape index (κ2) is 7.52. The maximum absolute atomic E-state index is 12.5. The molecule has 0 radical (unpaired) electrons. The molecule has 0 aliphatic carbocycles. The molecule has 8 heteroatoms. The summed E-state index contributed by atoms with van der Waals surface area (Å²) in [5.41, 5.74) is 1.89. The molecule has 0 saturated carbocycles. The molecular weight excluding hydrogens is 322 g/mol. The Balaban J connectivity index is 1.85. The molecule has 2 aromatic heterocycles. The summed E-state index contributed by atoms with van der Waals surface area (Å²) < 4.78 is 10.7. The summed E-state index contributed by atoms with van der Waals surface area (Å²) in [6.45, 7) is 4.48. The average molecular weight is 339 g/mol. The molecule has 128 valence electrons. The quantitative estimate of drug-likeness (QED) is 0.736. The van der Waals surface area contributed by atoms with Gasteiger partial charge in [-0.15, -0.1) is 0 Å². The van der Waals surface area contributed by atoms with Gasteiger partial charge in [0.05, 0.1) is 36.6 Å². The van der Waals surface area contributed by atoms with Crippen molar-refractivity contribution in [1.29, 1.82) is 0 Å². The van der Waals surface area contributed by atoms with Crippen molar-refractivity contribution < 1.29 is 14.3 Å². The molecular formula is C17H17N5O3. The Kier molecular flexibility index (Phi) is 4.98. The Morgan fingerprint density at radius 3 is 2.52 bits per heavy atom. The molecule has 1 aromatic carbocycles. The fourth-order valence-electron chi connectivity index (χ4n) is 2.14. The van der Waals surface area contributed by atoms with Crippen molar-refractivity contribution in [3.05, 3.63) is 42.4 Å². The second-order valence-corrected chi connectivity index (χ2v) is 4.94. The van der Waals surface area contributed by atoms with E-state index in [1.807, 2.05) is 32.0 Å². The fourth-order valence-corrected chi connectivity index (χ4v) is 2.14. The highest BCUT2D eigenvalue weighted by molar-refractivity contribution is 6.04. The van der Waals surface area contributed by atoms with Gasteiger partial charge in [-0.2, -0.15) is 4.98 Å². The summed E-state index contributed by atoms with van der Waals surface area (Å²) in [5, 5.41) is 2.70. The molecule has 0 spiro atoms. The van der Waals surface area contributed by atoms with Crippen molar-refractivity contribution in [3.63, 3.8) is 0 Å². The first-order valence-electron chi connectivity index (χ1n) is 7.87. The van der Waals surface area contributed by atoms with Gasteiger partial charge < -0.3 is 14.8 Å². The summed E-state index contributed by atoms with van der Waals surface area (Å²) in [4.78, 5) is 29.2. The van der Waals surface area contributed by atoms with Gasteiger partial charge in [0.2, 0.25) is 5.88 Å². The first-order valence-corrected chi connectivity index (χ1v) is 7.87. The number of fused-ring (bicyclic) bond motifs is 1. The minimum Gasteiger partial charge on any atom is -0.476 e. The average Bonchev–Trinajstić information content (AvgIpc) is 2.64. The Hall–Kier alpha value is -3.29. The van der Waals surface area contributed by atoms with Gasteiger partial charge in [-0.3, -0.25) is 9.78 Å². The molecule has 1 N–H and O–H groups in total. The van der Waals surface area contributed by atoms with Gasteiger partial charge in [0.15, 0.2) is 0 Å². The molecule has 3 rings (SSSR count). The molecule has 0 bridgehead atoms. The highest BCUT2D eigenvalue weighted by Crippen LogP contribution is 2.23. The Morgan fingerprint density at radius 2 is 1.76 bits per heavy atom.